The molecule has 1 fully saturated rings. The molecule has 2 aliphatic carbocycles. The molecule has 38 heavy (non-hydrogen) atoms. The maximum Gasteiger partial charge on any atom is 0.254 e. The van der Waals surface area contributed by atoms with E-state index in [0.717, 1.165) is 54.0 Å². The molecule has 194 valence electrons. The van der Waals surface area contributed by atoms with Crippen molar-refractivity contribution in [3.05, 3.63) is 93.9 Å². The molecular weight excluding hydrogens is 488 g/mol. The van der Waals surface area contributed by atoms with Gasteiger partial charge in [0.05, 0.1) is 5.56 Å². The molecule has 1 amide bonds. The first kappa shape index (κ1) is 24.9. The first-order valence-corrected chi connectivity index (χ1v) is 14.8. The van der Waals surface area contributed by atoms with Gasteiger partial charge in [0.25, 0.3) is 5.91 Å². The standard InChI is InChI=1S/C33H34N2O2S/c36-32(35-26-12-2-1-3-13-26)31-29-15-6-7-16-30(29)38-33(31)34-21-23-17-19-27(20-18-23)37-22-25-11-8-10-24-9-4-5-14-28(24)25/h4-5,8-11,14,17-21,26H,1-3,6-7,12-13,15-16,22H2,(H,35,36). The SMILES string of the molecule is O=C(NC1CCCCC1)c1c(N=Cc2ccc(OCc3cccc4ccccc34)cc2)sc2c1CCCC2. The number of nitrogens with one attached hydrogen (secondary N) is 1. The van der Waals surface area contributed by atoms with E-state index in [9.17, 15) is 4.79 Å². The number of aliphatic imine (C=N–C) groups is 1. The quantitative estimate of drug-likeness (QED) is 0.249. The highest BCUT2D eigenvalue weighted by molar-refractivity contribution is 7.16. The summed E-state index contributed by atoms with van der Waals surface area (Å²) >= 11 is 1.70. The van der Waals surface area contributed by atoms with Gasteiger partial charge in [0.2, 0.25) is 0 Å². The minimum atomic E-state index is 0.0700. The molecule has 1 N–H and O–H groups in total. The molecule has 1 saturated carbocycles. The van der Waals surface area contributed by atoms with Crippen LogP contribution < -0.4 is 10.1 Å². The van der Waals surface area contributed by atoms with Crippen LogP contribution in [0.5, 0.6) is 5.75 Å². The molecule has 4 nitrogen and oxygen atoms in total. The van der Waals surface area contributed by atoms with Gasteiger partial charge in [-0.15, -0.1) is 11.3 Å². The number of nitrogens with zero attached hydrogens (tertiary/aromatic N) is 1. The fraction of sp³-hybridized carbons (Fsp3) is 0.333. The molecule has 5 heteroatoms. The monoisotopic (exact) mass is 522 g/mol. The van der Waals surface area contributed by atoms with Gasteiger partial charge >= 0.3 is 0 Å². The molecule has 0 atom stereocenters. The van der Waals surface area contributed by atoms with Crippen LogP contribution in [0.4, 0.5) is 5.00 Å². The van der Waals surface area contributed by atoms with E-state index in [4.69, 9.17) is 9.73 Å². The van der Waals surface area contributed by atoms with E-state index in [2.05, 4.69) is 47.8 Å². The Morgan fingerprint density at radius 2 is 1.71 bits per heavy atom. The number of thiophene rings is 1. The number of carbonyl (C=O) groups excluding carboxylic acids is 1. The second kappa shape index (κ2) is 11.5. The summed E-state index contributed by atoms with van der Waals surface area (Å²) in [5.74, 6) is 0.898. The Balaban J connectivity index is 1.16. The van der Waals surface area contributed by atoms with Crippen LogP contribution in [0.25, 0.3) is 10.8 Å². The van der Waals surface area contributed by atoms with Gasteiger partial charge in [0.1, 0.15) is 17.4 Å². The van der Waals surface area contributed by atoms with E-state index in [-0.39, 0.29) is 5.91 Å². The minimum absolute atomic E-state index is 0.0700. The number of hydrogen-bond donors (Lipinski definition) is 1. The molecule has 1 heterocycles. The van der Waals surface area contributed by atoms with Crippen molar-refractivity contribution in [3.63, 3.8) is 0 Å². The van der Waals surface area contributed by atoms with Crippen LogP contribution >= 0.6 is 11.3 Å². The molecule has 1 aromatic heterocycles. The van der Waals surface area contributed by atoms with Gasteiger partial charge in [-0.05, 0) is 90.3 Å². The van der Waals surface area contributed by atoms with Gasteiger partial charge in [0, 0.05) is 17.1 Å². The first-order chi connectivity index (χ1) is 18.7. The largest absolute Gasteiger partial charge is 0.489 e. The molecule has 0 radical (unpaired) electrons. The topological polar surface area (TPSA) is 50.7 Å². The molecule has 2 aliphatic rings. The van der Waals surface area contributed by atoms with Crippen molar-refractivity contribution in [2.75, 3.05) is 0 Å². The van der Waals surface area contributed by atoms with Crippen LogP contribution in [-0.4, -0.2) is 18.2 Å². The van der Waals surface area contributed by atoms with Crippen molar-refractivity contribution in [1.29, 1.82) is 0 Å². The fourth-order valence-electron chi connectivity index (χ4n) is 5.74. The van der Waals surface area contributed by atoms with Gasteiger partial charge in [-0.2, -0.15) is 0 Å². The van der Waals surface area contributed by atoms with E-state index in [1.807, 2.05) is 30.5 Å². The molecule has 3 aromatic carbocycles. The van der Waals surface area contributed by atoms with Crippen LogP contribution in [0.15, 0.2) is 71.7 Å². The Morgan fingerprint density at radius 3 is 2.58 bits per heavy atom. The van der Waals surface area contributed by atoms with Gasteiger partial charge in [0.15, 0.2) is 0 Å². The Bertz CT molecular complexity index is 1440. The van der Waals surface area contributed by atoms with Crippen LogP contribution in [0.3, 0.4) is 0 Å². The maximum atomic E-state index is 13.4. The van der Waals surface area contributed by atoms with E-state index in [1.165, 1.54) is 52.5 Å². The Hall–Kier alpha value is -3.44. The molecule has 0 spiro atoms. The summed E-state index contributed by atoms with van der Waals surface area (Å²) in [7, 11) is 0. The predicted molar refractivity (Wildman–Crippen MR) is 157 cm³/mol. The fourth-order valence-corrected chi connectivity index (χ4v) is 6.97. The number of carbonyl (C=O) groups is 1. The molecular formula is C33H34N2O2S. The summed E-state index contributed by atoms with van der Waals surface area (Å²) in [6, 6.07) is 23.0. The summed E-state index contributed by atoms with van der Waals surface area (Å²) in [4.78, 5) is 19.6. The number of fused-ring (bicyclic) bond motifs is 2. The van der Waals surface area contributed by atoms with Crippen molar-refractivity contribution in [2.45, 2.75) is 70.4 Å². The van der Waals surface area contributed by atoms with Crippen LogP contribution in [-0.2, 0) is 19.4 Å². The highest BCUT2D eigenvalue weighted by Gasteiger charge is 2.27. The molecule has 0 unspecified atom stereocenters. The minimum Gasteiger partial charge on any atom is -0.489 e. The summed E-state index contributed by atoms with van der Waals surface area (Å²) < 4.78 is 6.10. The number of amides is 1. The lowest BCUT2D eigenvalue weighted by Crippen LogP contribution is -2.36. The maximum absolute atomic E-state index is 13.4. The Labute approximate surface area is 228 Å². The highest BCUT2D eigenvalue weighted by atomic mass is 32.1. The number of rotatable bonds is 7. The zero-order valence-electron chi connectivity index (χ0n) is 21.7. The van der Waals surface area contributed by atoms with Gasteiger partial charge < -0.3 is 10.1 Å². The summed E-state index contributed by atoms with van der Waals surface area (Å²) in [5, 5.41) is 6.63. The average Bonchev–Trinajstić information content (AvgIpc) is 3.34. The third-order valence-corrected chi connectivity index (χ3v) is 9.01. The number of hydrogen-bond acceptors (Lipinski definition) is 4. The lowest BCUT2D eigenvalue weighted by atomic mass is 9.93. The van der Waals surface area contributed by atoms with E-state index < -0.39 is 0 Å². The van der Waals surface area contributed by atoms with Crippen LogP contribution in [0.1, 0.15) is 76.9 Å². The molecule has 0 saturated heterocycles. The summed E-state index contributed by atoms with van der Waals surface area (Å²) in [5.41, 5.74) is 4.22. The second-order valence-corrected chi connectivity index (χ2v) is 11.5. The second-order valence-electron chi connectivity index (χ2n) is 10.5. The van der Waals surface area contributed by atoms with Gasteiger partial charge in [-0.1, -0.05) is 61.7 Å². The molecule has 4 aromatic rings. The van der Waals surface area contributed by atoms with Crippen LogP contribution in [0, 0.1) is 0 Å². The Morgan fingerprint density at radius 1 is 0.921 bits per heavy atom. The third-order valence-electron chi connectivity index (χ3n) is 7.81. The first-order valence-electron chi connectivity index (χ1n) is 13.9. The molecule has 0 aliphatic heterocycles. The summed E-state index contributed by atoms with van der Waals surface area (Å²) in [6.07, 6.45) is 12.1. The predicted octanol–water partition coefficient (Wildman–Crippen LogP) is 8.17. The normalized spacial score (nSPS) is 16.0. The van der Waals surface area contributed by atoms with Gasteiger partial charge in [-0.25, -0.2) is 4.99 Å². The summed E-state index contributed by atoms with van der Waals surface area (Å²) in [6.45, 7) is 0.523. The van der Waals surface area contributed by atoms with E-state index in [1.54, 1.807) is 11.3 Å². The van der Waals surface area contributed by atoms with E-state index in [0.29, 0.717) is 12.6 Å². The molecule has 0 bridgehead atoms. The average molecular weight is 523 g/mol. The number of ether oxygens (including phenoxy) is 1. The zero-order chi connectivity index (χ0) is 25.7. The lowest BCUT2D eigenvalue weighted by molar-refractivity contribution is 0.0927. The van der Waals surface area contributed by atoms with E-state index >= 15 is 0 Å². The number of aryl methyl sites for hydroxylation is 1. The number of benzene rings is 3. The van der Waals surface area contributed by atoms with Crippen LogP contribution in [0.2, 0.25) is 0 Å². The van der Waals surface area contributed by atoms with Crippen molar-refractivity contribution in [1.82, 2.24) is 5.32 Å². The lowest BCUT2D eigenvalue weighted by Gasteiger charge is -2.23. The molecule has 6 rings (SSSR count). The van der Waals surface area contributed by atoms with Crippen molar-refractivity contribution < 1.29 is 9.53 Å². The Kier molecular flexibility index (Phi) is 7.54. The van der Waals surface area contributed by atoms with Gasteiger partial charge in [-0.3, -0.25) is 4.79 Å². The van der Waals surface area contributed by atoms with Crippen molar-refractivity contribution >= 4 is 39.2 Å². The van der Waals surface area contributed by atoms with Crippen molar-refractivity contribution in [2.24, 2.45) is 4.99 Å². The zero-order valence-corrected chi connectivity index (χ0v) is 22.6. The van der Waals surface area contributed by atoms with Crippen molar-refractivity contribution in [3.8, 4) is 5.75 Å². The smallest absolute Gasteiger partial charge is 0.254 e. The third kappa shape index (κ3) is 5.53. The highest BCUT2D eigenvalue weighted by Crippen LogP contribution is 2.40.